The van der Waals surface area contributed by atoms with Crippen LogP contribution in [0.25, 0.3) is 0 Å². The Labute approximate surface area is 132 Å². The lowest BCUT2D eigenvalue weighted by molar-refractivity contribution is 0.390. The lowest BCUT2D eigenvalue weighted by atomic mass is 9.98. The van der Waals surface area contributed by atoms with Crippen LogP contribution in [0.3, 0.4) is 0 Å². The highest BCUT2D eigenvalue weighted by Gasteiger charge is 2.22. The van der Waals surface area contributed by atoms with Gasteiger partial charge in [0.1, 0.15) is 22.3 Å². The number of benzene rings is 2. The van der Waals surface area contributed by atoms with E-state index >= 15 is 0 Å². The molecule has 0 bridgehead atoms. The maximum atomic E-state index is 14.1. The molecule has 0 radical (unpaired) electrons. The average Bonchev–Trinajstić information content (AvgIpc) is 2.49. The minimum absolute atomic E-state index is 0.0153. The van der Waals surface area contributed by atoms with Gasteiger partial charge in [0.05, 0.1) is 25.3 Å². The molecule has 0 saturated heterocycles. The molecule has 0 heterocycles. The Morgan fingerprint density at radius 2 is 1.76 bits per heavy atom. The predicted octanol–water partition coefficient (Wildman–Crippen LogP) is 4.20. The molecule has 0 aromatic heterocycles. The molecule has 3 nitrogen and oxygen atoms in total. The van der Waals surface area contributed by atoms with E-state index < -0.39 is 11.9 Å². The molecular formula is C15H14Cl2FNO2. The highest BCUT2D eigenvalue weighted by atomic mass is 35.5. The van der Waals surface area contributed by atoms with E-state index in [1.807, 2.05) is 0 Å². The maximum Gasteiger partial charge on any atom is 0.146 e. The summed E-state index contributed by atoms with van der Waals surface area (Å²) in [4.78, 5) is 0. The van der Waals surface area contributed by atoms with Gasteiger partial charge in [-0.3, -0.25) is 0 Å². The second kappa shape index (κ2) is 6.52. The van der Waals surface area contributed by atoms with E-state index in [9.17, 15) is 4.39 Å². The molecule has 1 unspecified atom stereocenters. The first-order valence-electron chi connectivity index (χ1n) is 6.11. The second-order valence-electron chi connectivity index (χ2n) is 4.32. The molecular weight excluding hydrogens is 316 g/mol. The molecule has 2 aromatic carbocycles. The van der Waals surface area contributed by atoms with Crippen LogP contribution in [0.5, 0.6) is 11.5 Å². The smallest absolute Gasteiger partial charge is 0.146 e. The third kappa shape index (κ3) is 2.93. The first kappa shape index (κ1) is 15.9. The van der Waals surface area contributed by atoms with Gasteiger partial charge in [-0.2, -0.15) is 0 Å². The Hall–Kier alpha value is -1.49. The summed E-state index contributed by atoms with van der Waals surface area (Å²) in [6, 6.07) is 7.26. The molecule has 21 heavy (non-hydrogen) atoms. The molecule has 2 rings (SSSR count). The van der Waals surface area contributed by atoms with Crippen LogP contribution in [0.15, 0.2) is 30.3 Å². The van der Waals surface area contributed by atoms with Gasteiger partial charge in [0.2, 0.25) is 0 Å². The highest BCUT2D eigenvalue weighted by molar-refractivity contribution is 6.33. The minimum Gasteiger partial charge on any atom is -0.495 e. The van der Waals surface area contributed by atoms with E-state index in [0.29, 0.717) is 17.1 Å². The van der Waals surface area contributed by atoms with Crippen molar-refractivity contribution in [1.29, 1.82) is 0 Å². The van der Waals surface area contributed by atoms with Gasteiger partial charge in [0.15, 0.2) is 0 Å². The lowest BCUT2D eigenvalue weighted by Gasteiger charge is -2.19. The lowest BCUT2D eigenvalue weighted by Crippen LogP contribution is -2.15. The average molecular weight is 330 g/mol. The number of methoxy groups -OCH3 is 2. The van der Waals surface area contributed by atoms with Crippen LogP contribution >= 0.6 is 23.2 Å². The van der Waals surface area contributed by atoms with Gasteiger partial charge in [0.25, 0.3) is 0 Å². The van der Waals surface area contributed by atoms with Gasteiger partial charge >= 0.3 is 0 Å². The topological polar surface area (TPSA) is 44.5 Å². The van der Waals surface area contributed by atoms with Crippen molar-refractivity contribution in [1.82, 2.24) is 0 Å². The van der Waals surface area contributed by atoms with Gasteiger partial charge in [0, 0.05) is 11.1 Å². The Morgan fingerprint density at radius 1 is 1.05 bits per heavy atom. The summed E-state index contributed by atoms with van der Waals surface area (Å²) in [7, 11) is 2.96. The van der Waals surface area contributed by atoms with Crippen molar-refractivity contribution in [3.63, 3.8) is 0 Å². The van der Waals surface area contributed by atoms with Crippen LogP contribution in [-0.2, 0) is 0 Å². The molecule has 0 amide bonds. The molecule has 112 valence electrons. The van der Waals surface area contributed by atoms with E-state index in [2.05, 4.69) is 0 Å². The van der Waals surface area contributed by atoms with Crippen LogP contribution in [0.1, 0.15) is 17.2 Å². The first-order valence-corrected chi connectivity index (χ1v) is 6.86. The summed E-state index contributed by atoms with van der Waals surface area (Å²) in [5.41, 5.74) is 6.96. The van der Waals surface area contributed by atoms with Crippen LogP contribution in [0.4, 0.5) is 4.39 Å². The molecule has 0 aliphatic heterocycles. The van der Waals surface area contributed by atoms with Gasteiger partial charge in [-0.05, 0) is 18.2 Å². The molecule has 0 fully saturated rings. The van der Waals surface area contributed by atoms with Gasteiger partial charge in [-0.25, -0.2) is 4.39 Å². The summed E-state index contributed by atoms with van der Waals surface area (Å²) < 4.78 is 24.5. The first-order chi connectivity index (χ1) is 10.0. The second-order valence-corrected chi connectivity index (χ2v) is 5.11. The van der Waals surface area contributed by atoms with Crippen molar-refractivity contribution < 1.29 is 13.9 Å². The molecule has 1 atom stereocenters. The van der Waals surface area contributed by atoms with Gasteiger partial charge < -0.3 is 15.2 Å². The zero-order valence-corrected chi connectivity index (χ0v) is 13.0. The van der Waals surface area contributed by atoms with Crippen molar-refractivity contribution in [3.05, 3.63) is 57.3 Å². The number of halogens is 3. The third-order valence-electron chi connectivity index (χ3n) is 3.17. The molecule has 2 aromatic rings. The summed E-state index contributed by atoms with van der Waals surface area (Å²) in [6.07, 6.45) is 0. The standard InChI is InChI=1S/C15H14Cl2FNO2/c1-20-11-7-6-9(15(21-2)12(11)17)14(19)8-4-3-5-10(16)13(8)18/h3-7,14H,19H2,1-2H3. The number of rotatable bonds is 4. The highest BCUT2D eigenvalue weighted by Crippen LogP contribution is 2.41. The Kier molecular flexibility index (Phi) is 4.93. The van der Waals surface area contributed by atoms with Crippen molar-refractivity contribution in [3.8, 4) is 11.5 Å². The van der Waals surface area contributed by atoms with Crippen LogP contribution < -0.4 is 15.2 Å². The largest absolute Gasteiger partial charge is 0.495 e. The van der Waals surface area contributed by atoms with E-state index in [0.717, 1.165) is 0 Å². The van der Waals surface area contributed by atoms with Crippen molar-refractivity contribution >= 4 is 23.2 Å². The zero-order chi connectivity index (χ0) is 15.6. The maximum absolute atomic E-state index is 14.1. The SMILES string of the molecule is COc1ccc(C(N)c2cccc(Cl)c2F)c(OC)c1Cl. The Morgan fingerprint density at radius 3 is 2.38 bits per heavy atom. The van der Waals surface area contributed by atoms with Crippen LogP contribution in [0, 0.1) is 5.82 Å². The van der Waals surface area contributed by atoms with Crippen molar-refractivity contribution in [2.45, 2.75) is 6.04 Å². The summed E-state index contributed by atoms with van der Waals surface area (Å²) in [5.74, 6) is 0.250. The number of hydrogen-bond acceptors (Lipinski definition) is 3. The number of hydrogen-bond donors (Lipinski definition) is 1. The molecule has 6 heteroatoms. The normalized spacial score (nSPS) is 12.1. The number of ether oxygens (including phenoxy) is 2. The van der Waals surface area contributed by atoms with Gasteiger partial charge in [-0.15, -0.1) is 0 Å². The fourth-order valence-corrected chi connectivity index (χ4v) is 2.60. The fraction of sp³-hybridized carbons (Fsp3) is 0.200. The molecule has 0 aliphatic rings. The fourth-order valence-electron chi connectivity index (χ4n) is 2.09. The molecule has 0 aliphatic carbocycles. The summed E-state index contributed by atoms with van der Waals surface area (Å²) in [6.45, 7) is 0. The third-order valence-corrected chi connectivity index (χ3v) is 3.82. The number of nitrogens with two attached hydrogens (primary N) is 1. The monoisotopic (exact) mass is 329 g/mol. The zero-order valence-electron chi connectivity index (χ0n) is 11.5. The van der Waals surface area contributed by atoms with E-state index in [-0.39, 0.29) is 15.6 Å². The minimum atomic E-state index is -0.762. The van der Waals surface area contributed by atoms with E-state index in [1.165, 1.54) is 20.3 Å². The summed E-state index contributed by atoms with van der Waals surface area (Å²) in [5, 5.41) is 0.303. The van der Waals surface area contributed by atoms with Gasteiger partial charge in [-0.1, -0.05) is 35.3 Å². The molecule has 0 spiro atoms. The predicted molar refractivity (Wildman–Crippen MR) is 82.0 cm³/mol. The molecule has 0 saturated carbocycles. The van der Waals surface area contributed by atoms with E-state index in [1.54, 1.807) is 24.3 Å². The molecule has 2 N–H and O–H groups in total. The van der Waals surface area contributed by atoms with Crippen LogP contribution in [0.2, 0.25) is 10.0 Å². The van der Waals surface area contributed by atoms with Crippen molar-refractivity contribution in [2.75, 3.05) is 14.2 Å². The Bertz CT molecular complexity index is 664. The summed E-state index contributed by atoms with van der Waals surface area (Å²) >= 11 is 12.0. The quantitative estimate of drug-likeness (QED) is 0.914. The van der Waals surface area contributed by atoms with Crippen LogP contribution in [-0.4, -0.2) is 14.2 Å². The van der Waals surface area contributed by atoms with E-state index in [4.69, 9.17) is 38.4 Å². The Balaban J connectivity index is 2.56. The van der Waals surface area contributed by atoms with Crippen molar-refractivity contribution in [2.24, 2.45) is 5.73 Å².